The molecule has 0 aliphatic heterocycles. The Bertz CT molecular complexity index is 353. The Morgan fingerprint density at radius 3 is 2.47 bits per heavy atom. The number of rotatable bonds is 6. The molecular weight excluding hydrogens is 216 g/mol. The van der Waals surface area contributed by atoms with Crippen molar-refractivity contribution in [3.8, 4) is 0 Å². The zero-order valence-corrected chi connectivity index (χ0v) is 10.8. The Hall–Kier alpha value is -1.13. The van der Waals surface area contributed by atoms with Crippen molar-refractivity contribution in [2.75, 3.05) is 24.6 Å². The number of hydrogen-bond acceptors (Lipinski definition) is 4. The summed E-state index contributed by atoms with van der Waals surface area (Å²) in [5, 5.41) is 18.3. The fraction of sp³-hybridized carbons (Fsp3) is 0.615. The van der Waals surface area contributed by atoms with Gasteiger partial charge in [0.1, 0.15) is 5.82 Å². The van der Waals surface area contributed by atoms with Gasteiger partial charge >= 0.3 is 0 Å². The van der Waals surface area contributed by atoms with Gasteiger partial charge in [-0.1, -0.05) is 13.8 Å². The molecule has 0 radical (unpaired) electrons. The van der Waals surface area contributed by atoms with Gasteiger partial charge in [-0.2, -0.15) is 0 Å². The van der Waals surface area contributed by atoms with Crippen LogP contribution in [-0.4, -0.2) is 34.9 Å². The van der Waals surface area contributed by atoms with Crippen molar-refractivity contribution in [3.63, 3.8) is 0 Å². The highest BCUT2D eigenvalue weighted by molar-refractivity contribution is 5.43. The van der Waals surface area contributed by atoms with Gasteiger partial charge < -0.3 is 15.1 Å². The highest BCUT2D eigenvalue weighted by Gasteiger charge is 2.10. The molecule has 0 bridgehead atoms. The van der Waals surface area contributed by atoms with Crippen molar-refractivity contribution in [1.82, 2.24) is 4.98 Å². The minimum absolute atomic E-state index is 0.0198. The molecule has 0 fully saturated rings. The molecule has 1 heterocycles. The van der Waals surface area contributed by atoms with Gasteiger partial charge in [0, 0.05) is 18.8 Å². The van der Waals surface area contributed by atoms with Crippen LogP contribution in [0.1, 0.15) is 37.9 Å². The van der Waals surface area contributed by atoms with Gasteiger partial charge in [-0.05, 0) is 30.5 Å². The lowest BCUT2D eigenvalue weighted by atomic mass is 10.1. The zero-order valence-electron chi connectivity index (χ0n) is 10.8. The van der Waals surface area contributed by atoms with Crippen LogP contribution in [0.5, 0.6) is 0 Å². The second-order valence-corrected chi connectivity index (χ2v) is 4.37. The summed E-state index contributed by atoms with van der Waals surface area (Å²) in [4.78, 5) is 6.58. The van der Waals surface area contributed by atoms with Crippen molar-refractivity contribution in [2.45, 2.75) is 33.3 Å². The third-order valence-corrected chi connectivity index (χ3v) is 2.74. The van der Waals surface area contributed by atoms with Crippen LogP contribution < -0.4 is 4.90 Å². The smallest absolute Gasteiger partial charge is 0.129 e. The van der Waals surface area contributed by atoms with Crippen LogP contribution in [-0.2, 0) is 6.61 Å². The number of aromatic nitrogens is 1. The molecule has 1 aromatic heterocycles. The lowest BCUT2D eigenvalue weighted by Gasteiger charge is -2.22. The van der Waals surface area contributed by atoms with Crippen LogP contribution in [0.25, 0.3) is 0 Å². The molecule has 1 rings (SSSR count). The number of pyridine rings is 1. The first-order valence-corrected chi connectivity index (χ1v) is 6.09. The van der Waals surface area contributed by atoms with Crippen LogP contribution in [0.15, 0.2) is 12.1 Å². The van der Waals surface area contributed by atoms with E-state index in [4.69, 9.17) is 5.11 Å². The van der Waals surface area contributed by atoms with Crippen LogP contribution >= 0.6 is 0 Å². The number of aliphatic hydroxyl groups excluding tert-OH is 2. The molecule has 0 unspecified atom stereocenters. The van der Waals surface area contributed by atoms with E-state index in [1.165, 1.54) is 0 Å². The first kappa shape index (κ1) is 13.9. The Labute approximate surface area is 103 Å². The lowest BCUT2D eigenvalue weighted by molar-refractivity contribution is 0.281. The quantitative estimate of drug-likeness (QED) is 0.789. The Morgan fingerprint density at radius 2 is 2.00 bits per heavy atom. The summed E-state index contributed by atoms with van der Waals surface area (Å²) >= 11 is 0. The van der Waals surface area contributed by atoms with Crippen molar-refractivity contribution in [1.29, 1.82) is 0 Å². The van der Waals surface area contributed by atoms with E-state index in [1.54, 1.807) is 0 Å². The van der Waals surface area contributed by atoms with E-state index >= 15 is 0 Å². The lowest BCUT2D eigenvalue weighted by Crippen LogP contribution is -2.27. The van der Waals surface area contributed by atoms with E-state index < -0.39 is 0 Å². The maximum atomic E-state index is 9.26. The minimum atomic E-state index is 0.0198. The summed E-state index contributed by atoms with van der Waals surface area (Å²) in [6, 6.07) is 3.81. The standard InChI is InChI=1S/C13H22N2O2/c1-4-15(5-6-16)13-8-11(9-17)7-12(14-13)10(2)3/h7-8,10,16-17H,4-6,9H2,1-3H3. The van der Waals surface area contributed by atoms with Crippen molar-refractivity contribution in [3.05, 3.63) is 23.4 Å². The van der Waals surface area contributed by atoms with E-state index in [9.17, 15) is 5.11 Å². The number of anilines is 1. The summed E-state index contributed by atoms with van der Waals surface area (Å²) in [5.41, 5.74) is 1.85. The average Bonchev–Trinajstić information content (AvgIpc) is 2.35. The number of aliphatic hydroxyl groups is 2. The number of hydrogen-bond donors (Lipinski definition) is 2. The predicted octanol–water partition coefficient (Wildman–Crippen LogP) is 1.52. The molecule has 4 nitrogen and oxygen atoms in total. The van der Waals surface area contributed by atoms with Gasteiger partial charge in [-0.25, -0.2) is 4.98 Å². The number of nitrogens with zero attached hydrogens (tertiary/aromatic N) is 2. The van der Waals surface area contributed by atoms with Gasteiger partial charge in [0.15, 0.2) is 0 Å². The normalized spacial score (nSPS) is 10.9. The maximum Gasteiger partial charge on any atom is 0.129 e. The second kappa shape index (κ2) is 6.57. The molecule has 0 amide bonds. The van der Waals surface area contributed by atoms with Crippen LogP contribution in [0.2, 0.25) is 0 Å². The largest absolute Gasteiger partial charge is 0.395 e. The first-order chi connectivity index (χ1) is 8.12. The Balaban J connectivity index is 3.08. The highest BCUT2D eigenvalue weighted by Crippen LogP contribution is 2.20. The SMILES string of the molecule is CCN(CCO)c1cc(CO)cc(C(C)C)n1. The molecule has 17 heavy (non-hydrogen) atoms. The average molecular weight is 238 g/mol. The first-order valence-electron chi connectivity index (χ1n) is 6.09. The maximum absolute atomic E-state index is 9.26. The summed E-state index contributed by atoms with van der Waals surface area (Å²) in [6.07, 6.45) is 0. The van der Waals surface area contributed by atoms with E-state index in [0.717, 1.165) is 23.6 Å². The van der Waals surface area contributed by atoms with Crippen LogP contribution in [0.4, 0.5) is 5.82 Å². The zero-order chi connectivity index (χ0) is 12.8. The fourth-order valence-electron chi connectivity index (χ4n) is 1.70. The van der Waals surface area contributed by atoms with Gasteiger partial charge in [0.05, 0.1) is 13.2 Å². The van der Waals surface area contributed by atoms with Crippen LogP contribution in [0, 0.1) is 0 Å². The molecule has 0 atom stereocenters. The molecule has 96 valence electrons. The highest BCUT2D eigenvalue weighted by atomic mass is 16.3. The number of likely N-dealkylation sites (N-methyl/N-ethyl adjacent to an activating group) is 1. The van der Waals surface area contributed by atoms with E-state index in [-0.39, 0.29) is 13.2 Å². The van der Waals surface area contributed by atoms with Crippen molar-refractivity contribution < 1.29 is 10.2 Å². The van der Waals surface area contributed by atoms with E-state index in [0.29, 0.717) is 12.5 Å². The van der Waals surface area contributed by atoms with Crippen molar-refractivity contribution >= 4 is 5.82 Å². The van der Waals surface area contributed by atoms with Gasteiger partial charge in [-0.15, -0.1) is 0 Å². The molecule has 0 aromatic carbocycles. The van der Waals surface area contributed by atoms with E-state index in [1.807, 2.05) is 24.0 Å². The van der Waals surface area contributed by atoms with E-state index in [2.05, 4.69) is 18.8 Å². The monoisotopic (exact) mass is 238 g/mol. The second-order valence-electron chi connectivity index (χ2n) is 4.37. The Kier molecular flexibility index (Phi) is 5.38. The molecule has 0 aliphatic rings. The molecule has 4 heteroatoms. The molecule has 0 spiro atoms. The summed E-state index contributed by atoms with van der Waals surface area (Å²) in [5.74, 6) is 1.16. The molecular formula is C13H22N2O2. The van der Waals surface area contributed by atoms with Gasteiger partial charge in [0.25, 0.3) is 0 Å². The molecule has 2 N–H and O–H groups in total. The molecule has 0 saturated heterocycles. The predicted molar refractivity (Wildman–Crippen MR) is 69.2 cm³/mol. The molecule has 0 saturated carbocycles. The van der Waals surface area contributed by atoms with Crippen molar-refractivity contribution in [2.24, 2.45) is 0 Å². The summed E-state index contributed by atoms with van der Waals surface area (Å²) < 4.78 is 0. The molecule has 1 aromatic rings. The molecule has 0 aliphatic carbocycles. The summed E-state index contributed by atoms with van der Waals surface area (Å²) in [7, 11) is 0. The fourth-order valence-corrected chi connectivity index (χ4v) is 1.70. The topological polar surface area (TPSA) is 56.6 Å². The third-order valence-electron chi connectivity index (χ3n) is 2.74. The van der Waals surface area contributed by atoms with Crippen LogP contribution in [0.3, 0.4) is 0 Å². The van der Waals surface area contributed by atoms with Gasteiger partial charge in [-0.3, -0.25) is 0 Å². The Morgan fingerprint density at radius 1 is 1.29 bits per heavy atom. The minimum Gasteiger partial charge on any atom is -0.395 e. The summed E-state index contributed by atoms with van der Waals surface area (Å²) in [6.45, 7) is 7.67. The third kappa shape index (κ3) is 3.68. The van der Waals surface area contributed by atoms with Gasteiger partial charge in [0.2, 0.25) is 0 Å².